The standard InChI is InChI=1S/C18H23N3O5S.C2HF3O2/c1-21(2,3)13-14(11-18(22)23)20-27(24,25)16-9-10-17(19-12-16)26-15-7-5-4-6-8-15;3-2(4,5)1(6)7/h4-10,12,14,20H,11,13H2,1-3H3;(H,6,7)/t14-;/m1./s1. The van der Waals surface area contributed by atoms with E-state index in [2.05, 4.69) is 9.71 Å². The first-order valence-corrected chi connectivity index (χ1v) is 11.0. The summed E-state index contributed by atoms with van der Waals surface area (Å²) in [5.41, 5.74) is 0. The highest BCUT2D eigenvalue weighted by Gasteiger charge is 2.29. The first kappa shape index (κ1) is 28.8. The number of carbonyl (C=O) groups is 2. The second-order valence-corrected chi connectivity index (χ2v) is 9.64. The van der Waals surface area contributed by atoms with Crippen LogP contribution in [0.2, 0.25) is 0 Å². The molecule has 10 nitrogen and oxygen atoms in total. The Morgan fingerprint density at radius 1 is 1.15 bits per heavy atom. The summed E-state index contributed by atoms with van der Waals surface area (Å²) in [5, 5.41) is 17.8. The summed E-state index contributed by atoms with van der Waals surface area (Å²) in [4.78, 5) is 23.8. The predicted octanol–water partition coefficient (Wildman–Crippen LogP) is 1.00. The number of para-hydroxylation sites is 1. The maximum atomic E-state index is 12.6. The Balaban J connectivity index is 0.000000718. The lowest BCUT2D eigenvalue weighted by molar-refractivity contribution is -0.871. The minimum Gasteiger partial charge on any atom is -0.542 e. The minimum atomic E-state index is -5.19. The highest BCUT2D eigenvalue weighted by molar-refractivity contribution is 7.89. The van der Waals surface area contributed by atoms with Gasteiger partial charge in [0.1, 0.15) is 16.6 Å². The number of alkyl halides is 3. The van der Waals surface area contributed by atoms with E-state index in [1.54, 1.807) is 12.1 Å². The molecule has 1 atom stereocenters. The van der Waals surface area contributed by atoms with Gasteiger partial charge in [0.15, 0.2) is 0 Å². The third-order valence-corrected chi connectivity index (χ3v) is 5.23. The molecule has 0 bridgehead atoms. The number of halogens is 3. The van der Waals surface area contributed by atoms with E-state index >= 15 is 0 Å². The van der Waals surface area contributed by atoms with Gasteiger partial charge in [0.25, 0.3) is 0 Å². The molecule has 0 aliphatic carbocycles. The molecule has 1 aromatic heterocycles. The molecule has 0 saturated carbocycles. The molecule has 1 heterocycles. The molecule has 14 heteroatoms. The SMILES string of the molecule is C[N+](C)(C)C[C@@H](CC(=O)O)NS(=O)(=O)c1ccc(Oc2ccccc2)nc1.O=C([O-])C(F)(F)F. The van der Waals surface area contributed by atoms with Crippen LogP contribution in [-0.2, 0) is 19.6 Å². The molecule has 0 radical (unpaired) electrons. The number of benzene rings is 1. The number of nitrogens with one attached hydrogen (secondary N) is 1. The molecule has 188 valence electrons. The van der Waals surface area contributed by atoms with Crippen LogP contribution in [0.1, 0.15) is 6.42 Å². The number of rotatable bonds is 9. The zero-order valence-electron chi connectivity index (χ0n) is 18.4. The topological polar surface area (TPSA) is 146 Å². The highest BCUT2D eigenvalue weighted by Crippen LogP contribution is 2.20. The fraction of sp³-hybridized carbons (Fsp3) is 0.350. The average molecular weight is 507 g/mol. The van der Waals surface area contributed by atoms with Crippen molar-refractivity contribution in [1.82, 2.24) is 9.71 Å². The number of carboxylic acids is 2. The van der Waals surface area contributed by atoms with E-state index in [4.69, 9.17) is 19.7 Å². The van der Waals surface area contributed by atoms with Gasteiger partial charge in [-0.3, -0.25) is 4.79 Å². The van der Waals surface area contributed by atoms with Crippen molar-refractivity contribution in [2.24, 2.45) is 0 Å². The van der Waals surface area contributed by atoms with E-state index in [0.717, 1.165) is 0 Å². The first-order chi connectivity index (χ1) is 15.5. The zero-order chi connectivity index (χ0) is 26.2. The molecule has 2 aromatic rings. The van der Waals surface area contributed by atoms with Gasteiger partial charge in [-0.25, -0.2) is 18.1 Å². The number of nitrogens with zero attached hydrogens (tertiary/aromatic N) is 2. The van der Waals surface area contributed by atoms with Gasteiger partial charge in [-0.2, -0.15) is 13.2 Å². The van der Waals surface area contributed by atoms with Gasteiger partial charge in [0, 0.05) is 6.07 Å². The van der Waals surface area contributed by atoms with Gasteiger partial charge in [-0.15, -0.1) is 0 Å². The monoisotopic (exact) mass is 507 g/mol. The average Bonchev–Trinajstić information content (AvgIpc) is 2.66. The lowest BCUT2D eigenvalue weighted by Gasteiger charge is -2.28. The van der Waals surface area contributed by atoms with E-state index in [-0.39, 0.29) is 17.2 Å². The number of aromatic nitrogens is 1. The molecule has 0 saturated heterocycles. The number of hydrogen-bond acceptors (Lipinski definition) is 7. The van der Waals surface area contributed by atoms with Crippen LogP contribution in [0, 0.1) is 0 Å². The van der Waals surface area contributed by atoms with Crippen molar-refractivity contribution in [2.75, 3.05) is 27.7 Å². The van der Waals surface area contributed by atoms with Crippen molar-refractivity contribution in [3.8, 4) is 11.6 Å². The summed E-state index contributed by atoms with van der Waals surface area (Å²) in [6.07, 6.45) is -4.32. The van der Waals surface area contributed by atoms with Gasteiger partial charge < -0.3 is 24.2 Å². The number of carboxylic acid groups (broad SMARTS) is 2. The molecule has 0 amide bonds. The summed E-state index contributed by atoms with van der Waals surface area (Å²) < 4.78 is 65.1. The van der Waals surface area contributed by atoms with E-state index in [1.165, 1.54) is 18.3 Å². The Morgan fingerprint density at radius 2 is 1.71 bits per heavy atom. The molecule has 2 N–H and O–H groups in total. The highest BCUT2D eigenvalue weighted by atomic mass is 32.2. The molecule has 34 heavy (non-hydrogen) atoms. The molecule has 2 rings (SSSR count). The predicted molar refractivity (Wildman–Crippen MR) is 111 cm³/mol. The summed E-state index contributed by atoms with van der Waals surface area (Å²) in [5.74, 6) is -3.23. The number of aliphatic carboxylic acids is 2. The molecule has 0 aliphatic heterocycles. The second kappa shape index (κ2) is 11.8. The van der Waals surface area contributed by atoms with Crippen molar-refractivity contribution in [2.45, 2.75) is 23.5 Å². The summed E-state index contributed by atoms with van der Waals surface area (Å²) in [7, 11) is 1.68. The van der Waals surface area contributed by atoms with Crippen LogP contribution >= 0.6 is 0 Å². The van der Waals surface area contributed by atoms with E-state index in [0.29, 0.717) is 16.8 Å². The van der Waals surface area contributed by atoms with E-state index in [1.807, 2.05) is 39.3 Å². The van der Waals surface area contributed by atoms with Crippen molar-refractivity contribution in [3.05, 3.63) is 48.7 Å². The van der Waals surface area contributed by atoms with Crippen LogP contribution in [-0.4, -0.2) is 74.8 Å². The zero-order valence-corrected chi connectivity index (χ0v) is 19.3. The van der Waals surface area contributed by atoms with Crippen molar-refractivity contribution < 1.29 is 50.6 Å². The number of likely N-dealkylation sites (N-methyl/N-ethyl adjacent to an activating group) is 1. The number of pyridine rings is 1. The number of quaternary nitrogens is 1. The fourth-order valence-electron chi connectivity index (χ4n) is 2.50. The molecular formula is C20H24F3N3O7S. The Labute approximate surface area is 194 Å². The Kier molecular flexibility index (Phi) is 9.96. The number of sulfonamides is 1. The Bertz CT molecular complexity index is 1060. The quantitative estimate of drug-likeness (QED) is 0.478. The first-order valence-electron chi connectivity index (χ1n) is 9.51. The van der Waals surface area contributed by atoms with Gasteiger partial charge in [-0.1, -0.05) is 18.2 Å². The van der Waals surface area contributed by atoms with Crippen LogP contribution in [0.15, 0.2) is 53.6 Å². The molecule has 0 aliphatic rings. The van der Waals surface area contributed by atoms with Crippen LogP contribution in [0.5, 0.6) is 11.6 Å². The van der Waals surface area contributed by atoms with Crippen molar-refractivity contribution in [1.29, 1.82) is 0 Å². The van der Waals surface area contributed by atoms with Gasteiger partial charge in [0.2, 0.25) is 15.9 Å². The van der Waals surface area contributed by atoms with Crippen LogP contribution < -0.4 is 14.6 Å². The maximum absolute atomic E-state index is 12.6. The smallest absolute Gasteiger partial charge is 0.430 e. The molecular weight excluding hydrogens is 483 g/mol. The lowest BCUT2D eigenvalue weighted by Crippen LogP contribution is -2.49. The minimum absolute atomic E-state index is 0.0558. The summed E-state index contributed by atoms with van der Waals surface area (Å²) in [6, 6.07) is 11.1. The third-order valence-electron chi connectivity index (χ3n) is 3.73. The molecule has 0 spiro atoms. The van der Waals surface area contributed by atoms with Gasteiger partial charge >= 0.3 is 12.1 Å². The van der Waals surface area contributed by atoms with Crippen molar-refractivity contribution in [3.63, 3.8) is 0 Å². The van der Waals surface area contributed by atoms with E-state index < -0.39 is 34.2 Å². The molecule has 1 aromatic carbocycles. The van der Waals surface area contributed by atoms with Crippen LogP contribution in [0.4, 0.5) is 13.2 Å². The van der Waals surface area contributed by atoms with Crippen LogP contribution in [0.25, 0.3) is 0 Å². The second-order valence-electron chi connectivity index (χ2n) is 7.92. The normalized spacial score (nSPS) is 12.8. The summed E-state index contributed by atoms with van der Waals surface area (Å²) >= 11 is 0. The van der Waals surface area contributed by atoms with Crippen molar-refractivity contribution >= 4 is 22.0 Å². The fourth-order valence-corrected chi connectivity index (χ4v) is 3.67. The van der Waals surface area contributed by atoms with Crippen LogP contribution in [0.3, 0.4) is 0 Å². The molecule has 0 fully saturated rings. The Hall–Kier alpha value is -3.23. The van der Waals surface area contributed by atoms with Gasteiger partial charge in [-0.05, 0) is 18.2 Å². The third kappa shape index (κ3) is 11.1. The Morgan fingerprint density at radius 3 is 2.12 bits per heavy atom. The lowest BCUT2D eigenvalue weighted by atomic mass is 10.2. The largest absolute Gasteiger partial charge is 0.542 e. The van der Waals surface area contributed by atoms with E-state index in [9.17, 15) is 26.4 Å². The van der Waals surface area contributed by atoms with Gasteiger partial charge in [0.05, 0.1) is 46.3 Å². The number of carbonyl (C=O) groups excluding carboxylic acids is 1. The maximum Gasteiger partial charge on any atom is 0.430 e. The summed E-state index contributed by atoms with van der Waals surface area (Å²) in [6.45, 7) is 0.328. The number of hydrogen-bond donors (Lipinski definition) is 2. The molecule has 0 unspecified atom stereocenters. The number of ether oxygens (including phenoxy) is 1.